The third-order valence-electron chi connectivity index (χ3n) is 2.90. The monoisotopic (exact) mass is 241 g/mol. The Morgan fingerprint density at radius 1 is 1.56 bits per heavy atom. The van der Waals surface area contributed by atoms with Crippen LogP contribution < -0.4 is 5.32 Å². The van der Waals surface area contributed by atoms with Crippen LogP contribution in [-0.2, 0) is 11.2 Å². The van der Waals surface area contributed by atoms with Gasteiger partial charge in [-0.05, 0) is 25.1 Å². The van der Waals surface area contributed by atoms with Crippen LogP contribution in [-0.4, -0.2) is 28.5 Å². The number of nitrogens with one attached hydrogen (secondary N) is 1. The Bertz CT molecular complexity index is 345. The number of rotatable bonds is 4. The van der Waals surface area contributed by atoms with Gasteiger partial charge in [-0.25, -0.2) is 0 Å². The van der Waals surface area contributed by atoms with Gasteiger partial charge < -0.3 is 9.84 Å². The first-order valence-electron chi connectivity index (χ1n) is 5.75. The van der Waals surface area contributed by atoms with Gasteiger partial charge in [0.05, 0.1) is 11.2 Å². The molecule has 1 N–H and O–H groups in total. The maximum absolute atomic E-state index is 5.37. The van der Waals surface area contributed by atoms with Crippen LogP contribution in [0.15, 0.2) is 4.52 Å². The summed E-state index contributed by atoms with van der Waals surface area (Å²) in [7, 11) is 0. The van der Waals surface area contributed by atoms with Crippen molar-refractivity contribution in [2.45, 2.75) is 43.6 Å². The number of hydrogen-bond donors (Lipinski definition) is 1. The zero-order valence-electron chi connectivity index (χ0n) is 10.1. The highest BCUT2D eigenvalue weighted by molar-refractivity contribution is 7.99. The Hall–Kier alpha value is -0.550. The van der Waals surface area contributed by atoms with Gasteiger partial charge in [0.25, 0.3) is 0 Å². The normalized spacial score (nSPS) is 25.5. The molecule has 1 atom stereocenters. The fourth-order valence-electron chi connectivity index (χ4n) is 1.80. The van der Waals surface area contributed by atoms with Crippen molar-refractivity contribution in [3.8, 4) is 0 Å². The van der Waals surface area contributed by atoms with Crippen molar-refractivity contribution in [1.29, 1.82) is 0 Å². The van der Waals surface area contributed by atoms with Crippen molar-refractivity contribution in [3.63, 3.8) is 0 Å². The summed E-state index contributed by atoms with van der Waals surface area (Å²) < 4.78 is 5.37. The molecule has 2 heterocycles. The standard InChI is InChI=1S/C11H19N3OS/c1-8(2)16-6-9-13-10(15-14-9)11(3)4-5-12-7-11/h8,12H,4-7H2,1-3H3. The third kappa shape index (κ3) is 2.58. The predicted molar refractivity (Wildman–Crippen MR) is 65.6 cm³/mol. The van der Waals surface area contributed by atoms with Crippen molar-refractivity contribution in [1.82, 2.24) is 15.5 Å². The van der Waals surface area contributed by atoms with Gasteiger partial charge in [0.2, 0.25) is 5.89 Å². The third-order valence-corrected chi connectivity index (χ3v) is 3.99. The van der Waals surface area contributed by atoms with E-state index in [-0.39, 0.29) is 5.41 Å². The second-order valence-corrected chi connectivity index (χ2v) is 6.43. The molecule has 1 unspecified atom stereocenters. The van der Waals surface area contributed by atoms with Gasteiger partial charge in [0, 0.05) is 6.54 Å². The summed E-state index contributed by atoms with van der Waals surface area (Å²) >= 11 is 1.84. The molecular weight excluding hydrogens is 222 g/mol. The molecule has 5 heteroatoms. The maximum Gasteiger partial charge on any atom is 0.233 e. The Labute approximate surface area is 101 Å². The summed E-state index contributed by atoms with van der Waals surface area (Å²) in [5.41, 5.74) is 0.0355. The molecule has 90 valence electrons. The Balaban J connectivity index is 2.01. The molecule has 0 bridgehead atoms. The largest absolute Gasteiger partial charge is 0.339 e. The minimum atomic E-state index is 0.0355. The van der Waals surface area contributed by atoms with Crippen molar-refractivity contribution < 1.29 is 4.52 Å². The smallest absolute Gasteiger partial charge is 0.233 e. The number of nitrogens with zero attached hydrogens (tertiary/aromatic N) is 2. The van der Waals surface area contributed by atoms with Crippen LogP contribution in [0, 0.1) is 0 Å². The SMILES string of the molecule is CC(C)SCc1noc(C2(C)CCNC2)n1. The first kappa shape index (κ1) is 11.9. The summed E-state index contributed by atoms with van der Waals surface area (Å²) in [6.07, 6.45) is 1.08. The molecule has 0 amide bonds. The highest BCUT2D eigenvalue weighted by Gasteiger charge is 2.36. The highest BCUT2D eigenvalue weighted by Crippen LogP contribution is 2.29. The molecule has 1 aromatic rings. The second kappa shape index (κ2) is 4.75. The maximum atomic E-state index is 5.37. The van der Waals surface area contributed by atoms with Gasteiger partial charge in [-0.15, -0.1) is 0 Å². The lowest BCUT2D eigenvalue weighted by Crippen LogP contribution is -2.25. The van der Waals surface area contributed by atoms with Crippen LogP contribution in [0.4, 0.5) is 0 Å². The Morgan fingerprint density at radius 3 is 3.00 bits per heavy atom. The van der Waals surface area contributed by atoms with Gasteiger partial charge >= 0.3 is 0 Å². The molecule has 2 rings (SSSR count). The molecule has 1 aliphatic rings. The Morgan fingerprint density at radius 2 is 2.38 bits per heavy atom. The molecule has 16 heavy (non-hydrogen) atoms. The van der Waals surface area contributed by atoms with E-state index in [0.717, 1.165) is 37.0 Å². The molecular formula is C11H19N3OS. The van der Waals surface area contributed by atoms with E-state index in [9.17, 15) is 0 Å². The molecule has 1 aromatic heterocycles. The first-order chi connectivity index (χ1) is 7.60. The predicted octanol–water partition coefficient (Wildman–Crippen LogP) is 1.96. The number of thioether (sulfide) groups is 1. The summed E-state index contributed by atoms with van der Waals surface area (Å²) in [5, 5.41) is 7.98. The van der Waals surface area contributed by atoms with E-state index in [2.05, 4.69) is 36.2 Å². The van der Waals surface area contributed by atoms with Crippen LogP contribution in [0.25, 0.3) is 0 Å². The Kier molecular flexibility index (Phi) is 3.54. The fourth-order valence-corrected chi connectivity index (χ4v) is 2.40. The van der Waals surface area contributed by atoms with Crippen LogP contribution in [0.5, 0.6) is 0 Å². The van der Waals surface area contributed by atoms with E-state index in [1.807, 2.05) is 11.8 Å². The zero-order valence-corrected chi connectivity index (χ0v) is 10.9. The summed E-state index contributed by atoms with van der Waals surface area (Å²) in [6.45, 7) is 8.50. The van der Waals surface area contributed by atoms with E-state index in [1.165, 1.54) is 0 Å². The molecule has 0 aliphatic carbocycles. The average molecular weight is 241 g/mol. The zero-order chi connectivity index (χ0) is 11.6. The van der Waals surface area contributed by atoms with E-state index in [0.29, 0.717) is 5.25 Å². The molecule has 0 spiro atoms. The molecule has 1 saturated heterocycles. The lowest BCUT2D eigenvalue weighted by Gasteiger charge is -2.15. The van der Waals surface area contributed by atoms with Crippen LogP contribution in [0.1, 0.15) is 38.9 Å². The van der Waals surface area contributed by atoms with Crippen molar-refractivity contribution in [2.75, 3.05) is 13.1 Å². The lowest BCUT2D eigenvalue weighted by molar-refractivity contribution is 0.305. The molecule has 1 fully saturated rings. The average Bonchev–Trinajstić information content (AvgIpc) is 2.84. The van der Waals surface area contributed by atoms with E-state index in [4.69, 9.17) is 4.52 Å². The topological polar surface area (TPSA) is 51.0 Å². The van der Waals surface area contributed by atoms with Gasteiger partial charge in [-0.2, -0.15) is 16.7 Å². The van der Waals surface area contributed by atoms with Gasteiger partial charge in [0.15, 0.2) is 5.82 Å². The molecule has 0 aromatic carbocycles. The molecule has 0 saturated carbocycles. The lowest BCUT2D eigenvalue weighted by atomic mass is 9.90. The van der Waals surface area contributed by atoms with Crippen molar-refractivity contribution in [2.24, 2.45) is 0 Å². The molecule has 4 nitrogen and oxygen atoms in total. The van der Waals surface area contributed by atoms with Crippen LogP contribution >= 0.6 is 11.8 Å². The quantitative estimate of drug-likeness (QED) is 0.873. The van der Waals surface area contributed by atoms with E-state index in [1.54, 1.807) is 0 Å². The minimum Gasteiger partial charge on any atom is -0.339 e. The number of hydrogen-bond acceptors (Lipinski definition) is 5. The first-order valence-corrected chi connectivity index (χ1v) is 6.80. The fraction of sp³-hybridized carbons (Fsp3) is 0.818. The van der Waals surface area contributed by atoms with Gasteiger partial charge in [-0.3, -0.25) is 0 Å². The van der Waals surface area contributed by atoms with Gasteiger partial charge in [0.1, 0.15) is 0 Å². The number of aromatic nitrogens is 2. The van der Waals surface area contributed by atoms with Crippen molar-refractivity contribution in [3.05, 3.63) is 11.7 Å². The van der Waals surface area contributed by atoms with Gasteiger partial charge in [-0.1, -0.05) is 19.0 Å². The summed E-state index contributed by atoms with van der Waals surface area (Å²) in [4.78, 5) is 4.50. The molecule has 0 radical (unpaired) electrons. The highest BCUT2D eigenvalue weighted by atomic mass is 32.2. The van der Waals surface area contributed by atoms with Crippen LogP contribution in [0.3, 0.4) is 0 Å². The molecule has 1 aliphatic heterocycles. The van der Waals surface area contributed by atoms with E-state index >= 15 is 0 Å². The van der Waals surface area contributed by atoms with E-state index < -0.39 is 0 Å². The van der Waals surface area contributed by atoms with Crippen molar-refractivity contribution >= 4 is 11.8 Å². The minimum absolute atomic E-state index is 0.0355. The second-order valence-electron chi connectivity index (χ2n) is 4.86. The summed E-state index contributed by atoms with van der Waals surface area (Å²) in [5.74, 6) is 2.45. The summed E-state index contributed by atoms with van der Waals surface area (Å²) in [6, 6.07) is 0. The van der Waals surface area contributed by atoms with Crippen LogP contribution in [0.2, 0.25) is 0 Å².